The minimum absolute atomic E-state index is 0. The Morgan fingerprint density at radius 3 is 2.72 bits per heavy atom. The number of nitrogens with one attached hydrogen (secondary N) is 2. The van der Waals surface area contributed by atoms with Gasteiger partial charge in [-0.3, -0.25) is 0 Å². The molecule has 7 heteroatoms. The van der Waals surface area contributed by atoms with E-state index in [0.29, 0.717) is 12.4 Å². The van der Waals surface area contributed by atoms with Crippen molar-refractivity contribution in [3.05, 3.63) is 58.7 Å². The summed E-state index contributed by atoms with van der Waals surface area (Å²) in [6.45, 7) is 4.11. The molecule has 1 heterocycles. The Morgan fingerprint density at radius 2 is 2.00 bits per heavy atom. The van der Waals surface area contributed by atoms with Gasteiger partial charge in [0.05, 0.1) is 19.3 Å². The zero-order chi connectivity index (χ0) is 17.2. The fourth-order valence-electron chi connectivity index (χ4n) is 2.18. The quantitative estimate of drug-likeness (QED) is 0.365. The normalized spacial score (nSPS) is 10.8. The molecule has 0 unspecified atom stereocenters. The Balaban J connectivity index is 0.00000312. The van der Waals surface area contributed by atoms with Crippen LogP contribution in [0.15, 0.2) is 47.5 Å². The van der Waals surface area contributed by atoms with E-state index in [1.54, 1.807) is 7.11 Å². The molecule has 0 aliphatic heterocycles. The van der Waals surface area contributed by atoms with E-state index < -0.39 is 0 Å². The molecular formula is C18H24ClIN4O. The summed E-state index contributed by atoms with van der Waals surface area (Å²) in [4.78, 5) is 8.92. The number of aromatic nitrogens is 1. The smallest absolute Gasteiger partial charge is 0.213 e. The molecule has 2 aromatic rings. The van der Waals surface area contributed by atoms with Crippen LogP contribution in [0.5, 0.6) is 5.88 Å². The molecule has 0 radical (unpaired) electrons. The molecule has 0 atom stereocenters. The van der Waals surface area contributed by atoms with Crippen molar-refractivity contribution in [1.82, 2.24) is 15.6 Å². The lowest BCUT2D eigenvalue weighted by Crippen LogP contribution is -2.38. The molecule has 136 valence electrons. The molecule has 2 rings (SSSR count). The van der Waals surface area contributed by atoms with Gasteiger partial charge in [0, 0.05) is 24.2 Å². The van der Waals surface area contributed by atoms with E-state index >= 15 is 0 Å². The Hall–Kier alpha value is -1.54. The van der Waals surface area contributed by atoms with Crippen molar-refractivity contribution in [2.24, 2.45) is 4.99 Å². The first-order valence-electron chi connectivity index (χ1n) is 7.98. The first kappa shape index (κ1) is 21.5. The lowest BCUT2D eigenvalue weighted by molar-refractivity contribution is 0.396. The Morgan fingerprint density at radius 1 is 1.20 bits per heavy atom. The number of aliphatic imine (C=N–C) groups is 1. The third-order valence-corrected chi connectivity index (χ3v) is 3.56. The highest BCUT2D eigenvalue weighted by Crippen LogP contribution is 2.10. The molecule has 0 fully saturated rings. The number of benzene rings is 1. The number of halogens is 2. The van der Waals surface area contributed by atoms with Crippen LogP contribution in [0.25, 0.3) is 0 Å². The van der Waals surface area contributed by atoms with Crippen molar-refractivity contribution in [2.45, 2.75) is 19.9 Å². The number of guanidine groups is 1. The van der Waals surface area contributed by atoms with Gasteiger partial charge < -0.3 is 15.4 Å². The van der Waals surface area contributed by atoms with Crippen LogP contribution in [-0.4, -0.2) is 31.1 Å². The van der Waals surface area contributed by atoms with Crippen LogP contribution in [0.4, 0.5) is 0 Å². The maximum Gasteiger partial charge on any atom is 0.213 e. The largest absolute Gasteiger partial charge is 0.481 e. The first-order chi connectivity index (χ1) is 11.7. The Kier molecular flexibility index (Phi) is 10.3. The van der Waals surface area contributed by atoms with Crippen LogP contribution in [0.3, 0.4) is 0 Å². The topological polar surface area (TPSA) is 58.5 Å². The lowest BCUT2D eigenvalue weighted by atomic mass is 10.1. The second kappa shape index (κ2) is 11.9. The lowest BCUT2D eigenvalue weighted by Gasteiger charge is -2.11. The minimum Gasteiger partial charge on any atom is -0.481 e. The maximum absolute atomic E-state index is 6.00. The highest BCUT2D eigenvalue weighted by atomic mass is 127. The number of pyridine rings is 1. The number of ether oxygens (including phenoxy) is 1. The van der Waals surface area contributed by atoms with Crippen LogP contribution in [0.2, 0.25) is 5.02 Å². The van der Waals surface area contributed by atoms with Gasteiger partial charge in [0.25, 0.3) is 0 Å². The van der Waals surface area contributed by atoms with Gasteiger partial charge in [-0.2, -0.15) is 0 Å². The van der Waals surface area contributed by atoms with Gasteiger partial charge in [-0.15, -0.1) is 24.0 Å². The predicted octanol–water partition coefficient (Wildman–Crippen LogP) is 3.66. The molecule has 25 heavy (non-hydrogen) atoms. The third kappa shape index (κ3) is 7.92. The summed E-state index contributed by atoms with van der Waals surface area (Å²) < 4.78 is 5.13. The van der Waals surface area contributed by atoms with E-state index in [1.807, 2.05) is 43.3 Å². The van der Waals surface area contributed by atoms with Crippen molar-refractivity contribution in [1.29, 1.82) is 0 Å². The van der Waals surface area contributed by atoms with Gasteiger partial charge in [0.2, 0.25) is 5.88 Å². The van der Waals surface area contributed by atoms with Gasteiger partial charge in [0.15, 0.2) is 5.96 Å². The maximum atomic E-state index is 6.00. The zero-order valence-corrected chi connectivity index (χ0v) is 17.5. The van der Waals surface area contributed by atoms with Gasteiger partial charge in [-0.1, -0.05) is 29.8 Å². The van der Waals surface area contributed by atoms with E-state index in [1.165, 1.54) is 5.56 Å². The van der Waals surface area contributed by atoms with E-state index in [-0.39, 0.29) is 24.0 Å². The summed E-state index contributed by atoms with van der Waals surface area (Å²) in [7, 11) is 1.61. The van der Waals surface area contributed by atoms with Gasteiger partial charge >= 0.3 is 0 Å². The van der Waals surface area contributed by atoms with Gasteiger partial charge in [-0.25, -0.2) is 9.98 Å². The van der Waals surface area contributed by atoms with E-state index in [2.05, 4.69) is 26.7 Å². The monoisotopic (exact) mass is 474 g/mol. The van der Waals surface area contributed by atoms with Crippen molar-refractivity contribution >= 4 is 41.5 Å². The molecule has 0 aliphatic carbocycles. The summed E-state index contributed by atoms with van der Waals surface area (Å²) >= 11 is 6.00. The molecule has 0 spiro atoms. The molecular weight excluding hydrogens is 451 g/mol. The molecule has 0 aliphatic rings. The van der Waals surface area contributed by atoms with Gasteiger partial charge in [-0.05, 0) is 37.1 Å². The standard InChI is InChI=1S/C18H23ClN4O.HI/c1-3-20-18(21-11-10-14-6-4-7-15(19)12-14)22-13-16-8-5-9-17(23-16)24-2;/h4-9,12H,3,10-11,13H2,1-2H3,(H2,20,21,22);1H. The predicted molar refractivity (Wildman–Crippen MR) is 114 cm³/mol. The molecule has 0 amide bonds. The number of nitrogens with zero attached hydrogens (tertiary/aromatic N) is 2. The number of hydrogen-bond donors (Lipinski definition) is 2. The number of rotatable bonds is 7. The zero-order valence-electron chi connectivity index (χ0n) is 14.5. The molecule has 5 nitrogen and oxygen atoms in total. The molecule has 2 N–H and O–H groups in total. The number of hydrogen-bond acceptors (Lipinski definition) is 3. The summed E-state index contributed by atoms with van der Waals surface area (Å²) in [6.07, 6.45) is 0.877. The summed E-state index contributed by atoms with van der Waals surface area (Å²) in [5.74, 6) is 1.37. The minimum atomic E-state index is 0. The average molecular weight is 475 g/mol. The summed E-state index contributed by atoms with van der Waals surface area (Å²) in [5.41, 5.74) is 2.06. The summed E-state index contributed by atoms with van der Waals surface area (Å²) in [5, 5.41) is 7.32. The van der Waals surface area contributed by atoms with E-state index in [0.717, 1.165) is 36.2 Å². The highest BCUT2D eigenvalue weighted by molar-refractivity contribution is 14.0. The fourth-order valence-corrected chi connectivity index (χ4v) is 2.39. The average Bonchev–Trinajstić information content (AvgIpc) is 2.60. The fraction of sp³-hybridized carbons (Fsp3) is 0.333. The Labute approximate surface area is 171 Å². The molecule has 0 saturated carbocycles. The van der Waals surface area contributed by atoms with E-state index in [9.17, 15) is 0 Å². The third-order valence-electron chi connectivity index (χ3n) is 3.33. The van der Waals surface area contributed by atoms with Crippen molar-refractivity contribution in [3.63, 3.8) is 0 Å². The highest BCUT2D eigenvalue weighted by Gasteiger charge is 2.01. The SMILES string of the molecule is CCNC(=NCc1cccc(OC)n1)NCCc1cccc(Cl)c1.I. The van der Waals surface area contributed by atoms with Crippen molar-refractivity contribution in [2.75, 3.05) is 20.2 Å². The van der Waals surface area contributed by atoms with Crippen LogP contribution in [-0.2, 0) is 13.0 Å². The van der Waals surface area contributed by atoms with Crippen LogP contribution in [0, 0.1) is 0 Å². The molecule has 1 aromatic carbocycles. The second-order valence-corrected chi connectivity index (χ2v) is 5.61. The van der Waals surface area contributed by atoms with Crippen LogP contribution in [0.1, 0.15) is 18.2 Å². The van der Waals surface area contributed by atoms with E-state index in [4.69, 9.17) is 16.3 Å². The van der Waals surface area contributed by atoms with Crippen molar-refractivity contribution in [3.8, 4) is 5.88 Å². The van der Waals surface area contributed by atoms with Crippen LogP contribution < -0.4 is 15.4 Å². The first-order valence-corrected chi connectivity index (χ1v) is 8.35. The molecule has 0 saturated heterocycles. The number of methoxy groups -OCH3 is 1. The molecule has 0 bridgehead atoms. The molecule has 1 aromatic heterocycles. The van der Waals surface area contributed by atoms with Crippen molar-refractivity contribution < 1.29 is 4.74 Å². The van der Waals surface area contributed by atoms with Crippen LogP contribution >= 0.6 is 35.6 Å². The second-order valence-electron chi connectivity index (χ2n) is 5.17. The summed E-state index contributed by atoms with van der Waals surface area (Å²) in [6, 6.07) is 13.6. The Bertz CT molecular complexity index is 682. The van der Waals surface area contributed by atoms with Gasteiger partial charge in [0.1, 0.15) is 0 Å².